The zero-order valence-electron chi connectivity index (χ0n) is 13.7. The molecular weight excluding hydrogens is 300 g/mol. The van der Waals surface area contributed by atoms with E-state index in [0.717, 1.165) is 0 Å². The molecule has 2 heterocycles. The molecule has 2 N–H and O–H groups in total. The van der Waals surface area contributed by atoms with Gasteiger partial charge in [-0.1, -0.05) is 12.2 Å². The molecule has 23 heavy (non-hydrogen) atoms. The molecule has 1 saturated heterocycles. The van der Waals surface area contributed by atoms with Crippen molar-refractivity contribution in [1.82, 2.24) is 10.2 Å². The van der Waals surface area contributed by atoms with E-state index in [4.69, 9.17) is 9.47 Å². The summed E-state index contributed by atoms with van der Waals surface area (Å²) in [7, 11) is 3.38. The number of aliphatic hydroxyl groups excluding tert-OH is 1. The topological polar surface area (TPSA) is 88.1 Å². The Bertz CT molecular complexity index is 446. The largest absolute Gasteiger partial charge is 0.394 e. The number of hydrogen-bond acceptors (Lipinski definition) is 5. The first-order chi connectivity index (χ1) is 11.0. The van der Waals surface area contributed by atoms with Gasteiger partial charge >= 0.3 is 0 Å². The van der Waals surface area contributed by atoms with Gasteiger partial charge in [0, 0.05) is 33.2 Å². The van der Waals surface area contributed by atoms with Gasteiger partial charge in [-0.05, 0) is 12.8 Å². The Balaban J connectivity index is 1.91. The van der Waals surface area contributed by atoms with Gasteiger partial charge in [0.1, 0.15) is 6.10 Å². The fourth-order valence-corrected chi connectivity index (χ4v) is 2.73. The van der Waals surface area contributed by atoms with Crippen LogP contribution in [0.5, 0.6) is 0 Å². The van der Waals surface area contributed by atoms with E-state index in [1.54, 1.807) is 20.2 Å². The number of carbonyl (C=O) groups excluding carboxylic acids is 2. The van der Waals surface area contributed by atoms with Crippen molar-refractivity contribution in [3.63, 3.8) is 0 Å². The van der Waals surface area contributed by atoms with Gasteiger partial charge in [-0.25, -0.2) is 0 Å². The zero-order chi connectivity index (χ0) is 16.8. The first-order valence-corrected chi connectivity index (χ1v) is 8.04. The lowest BCUT2D eigenvalue weighted by Gasteiger charge is -2.33. The molecule has 0 unspecified atom stereocenters. The van der Waals surface area contributed by atoms with Gasteiger partial charge in [-0.3, -0.25) is 9.59 Å². The first kappa shape index (κ1) is 17.9. The number of nitrogens with one attached hydrogen (secondary N) is 1. The van der Waals surface area contributed by atoms with Gasteiger partial charge in [-0.2, -0.15) is 0 Å². The summed E-state index contributed by atoms with van der Waals surface area (Å²) in [5.74, 6) is -0.126. The average molecular weight is 326 g/mol. The maximum Gasteiger partial charge on any atom is 0.224 e. The van der Waals surface area contributed by atoms with E-state index in [0.29, 0.717) is 26.1 Å². The second-order valence-electron chi connectivity index (χ2n) is 6.19. The number of ether oxygens (including phenoxy) is 2. The van der Waals surface area contributed by atoms with Crippen molar-refractivity contribution in [1.29, 1.82) is 0 Å². The van der Waals surface area contributed by atoms with Crippen molar-refractivity contribution in [2.24, 2.45) is 5.92 Å². The van der Waals surface area contributed by atoms with E-state index in [-0.39, 0.29) is 42.9 Å². The monoisotopic (exact) mass is 326 g/mol. The Hall–Kier alpha value is -1.44. The van der Waals surface area contributed by atoms with E-state index in [2.05, 4.69) is 5.32 Å². The van der Waals surface area contributed by atoms with Crippen LogP contribution in [-0.2, 0) is 19.1 Å². The van der Waals surface area contributed by atoms with Gasteiger partial charge < -0.3 is 24.8 Å². The molecule has 0 spiro atoms. The van der Waals surface area contributed by atoms with Crippen LogP contribution >= 0.6 is 0 Å². The number of aliphatic hydroxyl groups is 1. The molecule has 0 aliphatic carbocycles. The molecule has 0 bridgehead atoms. The summed E-state index contributed by atoms with van der Waals surface area (Å²) in [5, 5.41) is 12.4. The molecule has 2 aliphatic heterocycles. The first-order valence-electron chi connectivity index (χ1n) is 8.04. The lowest BCUT2D eigenvalue weighted by atomic mass is 9.97. The van der Waals surface area contributed by atoms with Crippen LogP contribution in [0.1, 0.15) is 19.3 Å². The smallest absolute Gasteiger partial charge is 0.224 e. The van der Waals surface area contributed by atoms with Crippen LogP contribution < -0.4 is 5.32 Å². The highest BCUT2D eigenvalue weighted by Gasteiger charge is 2.31. The number of hydrogen-bond donors (Lipinski definition) is 2. The number of amides is 2. The fraction of sp³-hybridized carbons (Fsp3) is 0.750. The van der Waals surface area contributed by atoms with Crippen LogP contribution in [0.4, 0.5) is 0 Å². The predicted octanol–water partition coefficient (Wildman–Crippen LogP) is -0.308. The van der Waals surface area contributed by atoms with Gasteiger partial charge in [-0.15, -0.1) is 0 Å². The van der Waals surface area contributed by atoms with Crippen molar-refractivity contribution in [2.75, 3.05) is 33.9 Å². The molecule has 7 heteroatoms. The minimum Gasteiger partial charge on any atom is -0.394 e. The van der Waals surface area contributed by atoms with Crippen LogP contribution in [0.3, 0.4) is 0 Å². The van der Waals surface area contributed by atoms with Crippen molar-refractivity contribution in [3.8, 4) is 0 Å². The molecule has 0 radical (unpaired) electrons. The third-order valence-electron chi connectivity index (χ3n) is 4.24. The molecule has 130 valence electrons. The molecule has 2 amide bonds. The standard InChI is InChI=1S/C16H26N2O5/c1-18(2)15(20)9-12-3-4-13(14(10-19)23-12)17-16(21)11-5-7-22-8-6-11/h3-4,11-14,19H,5-10H2,1-2H3,(H,17,21)/t12-,13+,14+/m0/s1. The number of rotatable bonds is 5. The van der Waals surface area contributed by atoms with E-state index in [9.17, 15) is 14.7 Å². The van der Waals surface area contributed by atoms with Crippen LogP contribution in [-0.4, -0.2) is 74.0 Å². The summed E-state index contributed by atoms with van der Waals surface area (Å²) in [5.41, 5.74) is 0. The minimum absolute atomic E-state index is 0.0344. The molecule has 0 aromatic rings. The second kappa shape index (κ2) is 8.42. The van der Waals surface area contributed by atoms with Crippen LogP contribution in [0.15, 0.2) is 12.2 Å². The van der Waals surface area contributed by atoms with Crippen LogP contribution in [0, 0.1) is 5.92 Å². The maximum absolute atomic E-state index is 12.3. The molecule has 0 aromatic carbocycles. The van der Waals surface area contributed by atoms with E-state index < -0.39 is 6.10 Å². The normalized spacial score (nSPS) is 28.4. The van der Waals surface area contributed by atoms with Crippen molar-refractivity contribution < 1.29 is 24.2 Å². The average Bonchev–Trinajstić information content (AvgIpc) is 2.56. The Morgan fingerprint density at radius 1 is 1.26 bits per heavy atom. The van der Waals surface area contributed by atoms with Gasteiger partial charge in [0.05, 0.1) is 25.2 Å². The third-order valence-corrected chi connectivity index (χ3v) is 4.24. The molecular formula is C16H26N2O5. The summed E-state index contributed by atoms with van der Waals surface area (Å²) < 4.78 is 11.0. The van der Waals surface area contributed by atoms with Crippen molar-refractivity contribution in [2.45, 2.75) is 37.5 Å². The summed E-state index contributed by atoms with van der Waals surface area (Å²) in [6, 6.07) is -0.374. The Morgan fingerprint density at radius 3 is 2.57 bits per heavy atom. The predicted molar refractivity (Wildman–Crippen MR) is 83.7 cm³/mol. The molecule has 7 nitrogen and oxygen atoms in total. The molecule has 0 aromatic heterocycles. The van der Waals surface area contributed by atoms with Crippen molar-refractivity contribution >= 4 is 11.8 Å². The molecule has 1 fully saturated rings. The second-order valence-corrected chi connectivity index (χ2v) is 6.19. The Kier molecular flexibility index (Phi) is 6.56. The molecule has 3 atom stereocenters. The number of nitrogens with zero attached hydrogens (tertiary/aromatic N) is 1. The highest BCUT2D eigenvalue weighted by molar-refractivity contribution is 5.79. The lowest BCUT2D eigenvalue weighted by molar-refractivity contribution is -0.135. The summed E-state index contributed by atoms with van der Waals surface area (Å²) >= 11 is 0. The summed E-state index contributed by atoms with van der Waals surface area (Å²) in [6.07, 6.45) is 4.33. The third kappa shape index (κ3) is 5.02. The van der Waals surface area contributed by atoms with Gasteiger partial charge in [0.2, 0.25) is 11.8 Å². The SMILES string of the molecule is CN(C)C(=O)C[C@@H]1C=C[C@@H](NC(=O)C2CCOCC2)[C@@H](CO)O1. The molecule has 0 saturated carbocycles. The van der Waals surface area contributed by atoms with E-state index in [1.165, 1.54) is 4.90 Å². The summed E-state index contributed by atoms with van der Waals surface area (Å²) in [4.78, 5) is 25.5. The highest BCUT2D eigenvalue weighted by atomic mass is 16.5. The Labute approximate surface area is 136 Å². The Morgan fingerprint density at radius 2 is 1.96 bits per heavy atom. The van der Waals surface area contributed by atoms with Gasteiger partial charge in [0.25, 0.3) is 0 Å². The maximum atomic E-state index is 12.3. The van der Waals surface area contributed by atoms with E-state index in [1.807, 2.05) is 6.08 Å². The highest BCUT2D eigenvalue weighted by Crippen LogP contribution is 2.19. The zero-order valence-corrected chi connectivity index (χ0v) is 13.7. The summed E-state index contributed by atoms with van der Waals surface area (Å²) in [6.45, 7) is 0.996. The number of carbonyl (C=O) groups is 2. The quantitative estimate of drug-likeness (QED) is 0.677. The minimum atomic E-state index is -0.538. The fourth-order valence-electron chi connectivity index (χ4n) is 2.73. The van der Waals surface area contributed by atoms with Gasteiger partial charge in [0.15, 0.2) is 0 Å². The van der Waals surface area contributed by atoms with Crippen LogP contribution in [0.25, 0.3) is 0 Å². The van der Waals surface area contributed by atoms with Crippen molar-refractivity contribution in [3.05, 3.63) is 12.2 Å². The molecule has 2 aliphatic rings. The van der Waals surface area contributed by atoms with E-state index >= 15 is 0 Å². The lowest BCUT2D eigenvalue weighted by Crippen LogP contribution is -2.50. The van der Waals surface area contributed by atoms with Crippen LogP contribution in [0.2, 0.25) is 0 Å². The molecule has 2 rings (SSSR count).